The highest BCUT2D eigenvalue weighted by Crippen LogP contribution is 2.20. The Bertz CT molecular complexity index is 886. The van der Waals surface area contributed by atoms with Gasteiger partial charge in [-0.25, -0.2) is 4.98 Å². The molecular formula is C19H14BrNO2. The molecule has 3 rings (SSSR count). The normalized spacial score (nSPS) is 11.0. The second-order valence-corrected chi connectivity index (χ2v) is 5.91. The molecule has 0 atom stereocenters. The first-order valence-electron chi connectivity index (χ1n) is 7.08. The highest BCUT2D eigenvalue weighted by atomic mass is 79.9. The molecule has 0 aliphatic carbocycles. The number of hydrogen-bond donors (Lipinski definition) is 0. The quantitative estimate of drug-likeness (QED) is 0.486. The van der Waals surface area contributed by atoms with Crippen LogP contribution in [0.4, 0.5) is 0 Å². The summed E-state index contributed by atoms with van der Waals surface area (Å²) in [6.45, 7) is 0. The van der Waals surface area contributed by atoms with Gasteiger partial charge in [0.2, 0.25) is 0 Å². The molecule has 0 aliphatic rings. The Kier molecular flexibility index (Phi) is 4.53. The molecule has 1 heterocycles. The van der Waals surface area contributed by atoms with Gasteiger partial charge in [-0.15, -0.1) is 0 Å². The van der Waals surface area contributed by atoms with Crippen LogP contribution in [0.25, 0.3) is 17.0 Å². The lowest BCUT2D eigenvalue weighted by atomic mass is 10.1. The molecule has 0 bridgehead atoms. The van der Waals surface area contributed by atoms with E-state index in [1.54, 1.807) is 31.4 Å². The lowest BCUT2D eigenvalue weighted by Crippen LogP contribution is -1.93. The molecule has 0 fully saturated rings. The molecule has 114 valence electrons. The highest BCUT2D eigenvalue weighted by Gasteiger charge is 2.02. The SMILES string of the molecule is COc1ccc2nc(/C=C/C(=O)c3ccc(Br)cc3)ccc2c1. The van der Waals surface area contributed by atoms with Crippen molar-refractivity contribution in [2.24, 2.45) is 0 Å². The van der Waals surface area contributed by atoms with Gasteiger partial charge in [0.1, 0.15) is 5.75 Å². The summed E-state index contributed by atoms with van der Waals surface area (Å²) in [6, 6.07) is 16.8. The number of allylic oxidation sites excluding steroid dienone is 1. The molecular weight excluding hydrogens is 354 g/mol. The van der Waals surface area contributed by atoms with Gasteiger partial charge in [-0.1, -0.05) is 22.0 Å². The summed E-state index contributed by atoms with van der Waals surface area (Å²) >= 11 is 3.36. The van der Waals surface area contributed by atoms with E-state index in [2.05, 4.69) is 20.9 Å². The average Bonchev–Trinajstić information content (AvgIpc) is 2.59. The van der Waals surface area contributed by atoms with E-state index in [0.29, 0.717) is 5.56 Å². The van der Waals surface area contributed by atoms with Gasteiger partial charge >= 0.3 is 0 Å². The molecule has 0 N–H and O–H groups in total. The van der Waals surface area contributed by atoms with E-state index < -0.39 is 0 Å². The monoisotopic (exact) mass is 367 g/mol. The molecule has 0 saturated carbocycles. The lowest BCUT2D eigenvalue weighted by molar-refractivity contribution is 0.104. The van der Waals surface area contributed by atoms with E-state index in [-0.39, 0.29) is 5.78 Å². The van der Waals surface area contributed by atoms with Gasteiger partial charge in [-0.05, 0) is 60.7 Å². The molecule has 3 aromatic rings. The number of benzene rings is 2. The number of aromatic nitrogens is 1. The Morgan fingerprint density at radius 1 is 1.09 bits per heavy atom. The molecule has 1 aromatic heterocycles. The molecule has 0 spiro atoms. The van der Waals surface area contributed by atoms with Crippen LogP contribution in [0.2, 0.25) is 0 Å². The summed E-state index contributed by atoms with van der Waals surface area (Å²) in [7, 11) is 1.64. The van der Waals surface area contributed by atoms with Crippen LogP contribution in [0.3, 0.4) is 0 Å². The molecule has 0 saturated heterocycles. The minimum absolute atomic E-state index is 0.0471. The number of methoxy groups -OCH3 is 1. The van der Waals surface area contributed by atoms with E-state index in [1.807, 2.05) is 42.5 Å². The molecule has 0 unspecified atom stereocenters. The lowest BCUT2D eigenvalue weighted by Gasteiger charge is -2.02. The highest BCUT2D eigenvalue weighted by molar-refractivity contribution is 9.10. The minimum Gasteiger partial charge on any atom is -0.497 e. The molecule has 0 amide bonds. The van der Waals surface area contributed by atoms with Gasteiger partial charge in [-0.3, -0.25) is 4.79 Å². The van der Waals surface area contributed by atoms with Crippen LogP contribution in [-0.2, 0) is 0 Å². The molecule has 0 aliphatic heterocycles. The number of pyridine rings is 1. The van der Waals surface area contributed by atoms with E-state index in [4.69, 9.17) is 4.74 Å². The Morgan fingerprint density at radius 2 is 1.87 bits per heavy atom. The topological polar surface area (TPSA) is 39.2 Å². The maximum atomic E-state index is 12.1. The smallest absolute Gasteiger partial charge is 0.185 e. The average molecular weight is 368 g/mol. The van der Waals surface area contributed by atoms with Crippen molar-refractivity contribution in [2.45, 2.75) is 0 Å². The van der Waals surface area contributed by atoms with Crippen LogP contribution in [0.1, 0.15) is 16.1 Å². The van der Waals surface area contributed by atoms with E-state index in [0.717, 1.165) is 26.8 Å². The fraction of sp³-hybridized carbons (Fsp3) is 0.0526. The summed E-state index contributed by atoms with van der Waals surface area (Å²) in [5, 5.41) is 1.00. The van der Waals surface area contributed by atoms with Crippen molar-refractivity contribution in [2.75, 3.05) is 7.11 Å². The third kappa shape index (κ3) is 3.66. The van der Waals surface area contributed by atoms with Gasteiger partial charge in [0.25, 0.3) is 0 Å². The number of fused-ring (bicyclic) bond motifs is 1. The van der Waals surface area contributed by atoms with E-state index in [1.165, 1.54) is 0 Å². The maximum Gasteiger partial charge on any atom is 0.185 e. The van der Waals surface area contributed by atoms with Gasteiger partial charge in [-0.2, -0.15) is 0 Å². The fourth-order valence-electron chi connectivity index (χ4n) is 2.21. The van der Waals surface area contributed by atoms with Crippen LogP contribution in [0.15, 0.2) is 65.1 Å². The number of nitrogens with zero attached hydrogens (tertiary/aromatic N) is 1. The third-order valence-corrected chi connectivity index (χ3v) is 3.98. The largest absolute Gasteiger partial charge is 0.497 e. The molecule has 3 nitrogen and oxygen atoms in total. The summed E-state index contributed by atoms with van der Waals surface area (Å²) in [5.41, 5.74) is 2.26. The molecule has 4 heteroatoms. The fourth-order valence-corrected chi connectivity index (χ4v) is 2.48. The van der Waals surface area contributed by atoms with Crippen LogP contribution < -0.4 is 4.74 Å². The first-order chi connectivity index (χ1) is 11.2. The Labute approximate surface area is 142 Å². The first-order valence-corrected chi connectivity index (χ1v) is 7.88. The van der Waals surface area contributed by atoms with Crippen molar-refractivity contribution in [1.82, 2.24) is 4.98 Å². The second-order valence-electron chi connectivity index (χ2n) is 5.00. The maximum absolute atomic E-state index is 12.1. The predicted molar refractivity (Wildman–Crippen MR) is 95.8 cm³/mol. The van der Waals surface area contributed by atoms with Crippen molar-refractivity contribution in [3.05, 3.63) is 76.4 Å². The summed E-state index contributed by atoms with van der Waals surface area (Å²) in [6.07, 6.45) is 3.27. The van der Waals surface area contributed by atoms with Gasteiger partial charge in [0.15, 0.2) is 5.78 Å². The Morgan fingerprint density at radius 3 is 2.61 bits per heavy atom. The van der Waals surface area contributed by atoms with E-state index >= 15 is 0 Å². The van der Waals surface area contributed by atoms with Gasteiger partial charge in [0.05, 0.1) is 18.3 Å². The summed E-state index contributed by atoms with van der Waals surface area (Å²) < 4.78 is 6.15. The first kappa shape index (κ1) is 15.4. The van der Waals surface area contributed by atoms with Gasteiger partial charge in [0, 0.05) is 15.4 Å². The number of halogens is 1. The van der Waals surface area contributed by atoms with Crippen molar-refractivity contribution in [1.29, 1.82) is 0 Å². The van der Waals surface area contributed by atoms with Crippen LogP contribution >= 0.6 is 15.9 Å². The van der Waals surface area contributed by atoms with Crippen molar-refractivity contribution < 1.29 is 9.53 Å². The number of hydrogen-bond acceptors (Lipinski definition) is 3. The second kappa shape index (κ2) is 6.75. The summed E-state index contributed by atoms with van der Waals surface area (Å²) in [4.78, 5) is 16.7. The number of ether oxygens (including phenoxy) is 1. The number of carbonyl (C=O) groups excluding carboxylic acids is 1. The predicted octanol–water partition coefficient (Wildman–Crippen LogP) is 4.90. The Balaban J connectivity index is 1.83. The zero-order valence-corrected chi connectivity index (χ0v) is 14.1. The van der Waals surface area contributed by atoms with Crippen LogP contribution in [0, 0.1) is 0 Å². The van der Waals surface area contributed by atoms with Crippen LogP contribution in [0.5, 0.6) is 5.75 Å². The van der Waals surface area contributed by atoms with Crippen LogP contribution in [-0.4, -0.2) is 17.9 Å². The van der Waals surface area contributed by atoms with Gasteiger partial charge < -0.3 is 4.74 Å². The third-order valence-electron chi connectivity index (χ3n) is 3.45. The summed E-state index contributed by atoms with van der Waals surface area (Å²) in [5.74, 6) is 0.752. The standard InChI is InChI=1S/C19H14BrNO2/c1-23-17-9-10-18-14(12-17)4-7-16(21-18)8-11-19(22)13-2-5-15(20)6-3-13/h2-12H,1H3/b11-8+. The number of rotatable bonds is 4. The van der Waals surface area contributed by atoms with E-state index in [9.17, 15) is 4.79 Å². The van der Waals surface area contributed by atoms with Crippen molar-refractivity contribution in [3.8, 4) is 5.75 Å². The Hall–Kier alpha value is -2.46. The molecule has 23 heavy (non-hydrogen) atoms. The zero-order valence-electron chi connectivity index (χ0n) is 12.5. The zero-order chi connectivity index (χ0) is 16.2. The minimum atomic E-state index is -0.0471. The van der Waals surface area contributed by atoms with Crippen molar-refractivity contribution >= 4 is 38.7 Å². The number of ketones is 1. The van der Waals surface area contributed by atoms with Crippen molar-refractivity contribution in [3.63, 3.8) is 0 Å². The number of carbonyl (C=O) groups is 1. The molecule has 0 radical (unpaired) electrons. The molecule has 2 aromatic carbocycles.